The number of carboxylic acid groups (broad SMARTS) is 1. The van der Waals surface area contributed by atoms with Crippen LogP contribution in [0.25, 0.3) is 11.1 Å². The van der Waals surface area contributed by atoms with Crippen molar-refractivity contribution >= 4 is 11.9 Å². The minimum atomic E-state index is -1.08. The Hall–Kier alpha value is -2.70. The molecule has 26 heavy (non-hydrogen) atoms. The Bertz CT molecular complexity index is 759. The topological polar surface area (TPSA) is 84.9 Å². The van der Waals surface area contributed by atoms with Crippen LogP contribution in [0.4, 0.5) is 0 Å². The zero-order valence-electron chi connectivity index (χ0n) is 14.5. The van der Waals surface area contributed by atoms with Gasteiger partial charge in [0.25, 0.3) is 0 Å². The molecule has 0 fully saturated rings. The van der Waals surface area contributed by atoms with Crippen LogP contribution in [-0.2, 0) is 19.1 Å². The van der Waals surface area contributed by atoms with Crippen molar-refractivity contribution in [2.75, 3.05) is 26.9 Å². The Morgan fingerprint density at radius 1 is 1.04 bits per heavy atom. The number of carboxylic acids is 1. The fourth-order valence-corrected chi connectivity index (χ4v) is 3.36. The number of amides is 1. The van der Waals surface area contributed by atoms with E-state index in [1.54, 1.807) is 7.11 Å². The summed E-state index contributed by atoms with van der Waals surface area (Å²) in [5.74, 6) is -1.98. The molecule has 6 nitrogen and oxygen atoms in total. The minimum absolute atomic E-state index is 0.205. The lowest BCUT2D eigenvalue weighted by Crippen LogP contribution is -2.46. The first-order valence-electron chi connectivity index (χ1n) is 8.40. The second-order valence-corrected chi connectivity index (χ2v) is 6.08. The monoisotopic (exact) mass is 355 g/mol. The second kappa shape index (κ2) is 8.12. The molecule has 0 heterocycles. The Labute approximate surface area is 151 Å². The molecular weight excluding hydrogens is 334 g/mol. The summed E-state index contributed by atoms with van der Waals surface area (Å²) in [4.78, 5) is 24.1. The lowest BCUT2D eigenvalue weighted by atomic mass is 9.89. The van der Waals surface area contributed by atoms with Gasteiger partial charge in [-0.2, -0.15) is 0 Å². The van der Waals surface area contributed by atoms with Gasteiger partial charge < -0.3 is 19.9 Å². The molecule has 2 N–H and O–H groups in total. The van der Waals surface area contributed by atoms with Gasteiger partial charge in [0.05, 0.1) is 13.2 Å². The van der Waals surface area contributed by atoms with Crippen LogP contribution in [0.3, 0.4) is 0 Å². The molecule has 1 amide bonds. The van der Waals surface area contributed by atoms with Gasteiger partial charge in [-0.3, -0.25) is 4.79 Å². The molecule has 1 aliphatic carbocycles. The molecule has 0 aromatic heterocycles. The van der Waals surface area contributed by atoms with Gasteiger partial charge in [0.1, 0.15) is 12.6 Å². The SMILES string of the molecule is COCCOCC(=O)N[C@H](C(=O)O)C1c2ccccc2-c2ccccc21. The predicted octanol–water partition coefficient (Wildman–Crippen LogP) is 2.03. The van der Waals surface area contributed by atoms with Crippen LogP contribution < -0.4 is 5.32 Å². The maximum Gasteiger partial charge on any atom is 0.327 e. The highest BCUT2D eigenvalue weighted by molar-refractivity contribution is 5.89. The van der Waals surface area contributed by atoms with E-state index in [4.69, 9.17) is 9.47 Å². The summed E-state index contributed by atoms with van der Waals surface area (Å²) in [5.41, 5.74) is 3.82. The first-order valence-corrected chi connectivity index (χ1v) is 8.40. The highest BCUT2D eigenvalue weighted by Gasteiger charge is 2.38. The fraction of sp³-hybridized carbons (Fsp3) is 0.300. The molecule has 0 saturated carbocycles. The van der Waals surface area contributed by atoms with Crippen LogP contribution in [-0.4, -0.2) is 50.0 Å². The maximum absolute atomic E-state index is 12.2. The second-order valence-electron chi connectivity index (χ2n) is 6.08. The van der Waals surface area contributed by atoms with Gasteiger partial charge in [0, 0.05) is 13.0 Å². The van der Waals surface area contributed by atoms with Crippen LogP contribution in [0, 0.1) is 0 Å². The Balaban J connectivity index is 1.84. The van der Waals surface area contributed by atoms with Crippen molar-refractivity contribution in [1.29, 1.82) is 0 Å². The van der Waals surface area contributed by atoms with Gasteiger partial charge >= 0.3 is 5.97 Å². The Kier molecular flexibility index (Phi) is 5.65. The molecule has 0 spiro atoms. The number of hydrogen-bond acceptors (Lipinski definition) is 4. The van der Waals surface area contributed by atoms with Gasteiger partial charge in [-0.05, 0) is 22.3 Å². The molecule has 2 aromatic rings. The zero-order chi connectivity index (χ0) is 18.5. The zero-order valence-corrected chi connectivity index (χ0v) is 14.5. The molecular formula is C20H21NO5. The summed E-state index contributed by atoms with van der Waals surface area (Å²) in [7, 11) is 1.54. The van der Waals surface area contributed by atoms with E-state index in [0.717, 1.165) is 22.3 Å². The van der Waals surface area contributed by atoms with Gasteiger partial charge in [-0.25, -0.2) is 4.79 Å². The van der Waals surface area contributed by atoms with Crippen LogP contribution in [0.5, 0.6) is 0 Å². The predicted molar refractivity (Wildman–Crippen MR) is 96.0 cm³/mol. The largest absolute Gasteiger partial charge is 0.480 e. The molecule has 1 aliphatic rings. The fourth-order valence-electron chi connectivity index (χ4n) is 3.36. The molecule has 136 valence electrons. The van der Waals surface area contributed by atoms with E-state index in [0.29, 0.717) is 6.61 Å². The summed E-state index contributed by atoms with van der Waals surface area (Å²) >= 11 is 0. The van der Waals surface area contributed by atoms with Gasteiger partial charge in [-0.15, -0.1) is 0 Å². The third-order valence-electron chi connectivity index (χ3n) is 4.46. The smallest absolute Gasteiger partial charge is 0.327 e. The number of hydrogen-bond donors (Lipinski definition) is 2. The number of nitrogens with one attached hydrogen (secondary N) is 1. The molecule has 0 saturated heterocycles. The van der Waals surface area contributed by atoms with E-state index in [-0.39, 0.29) is 13.2 Å². The summed E-state index contributed by atoms with van der Waals surface area (Å²) in [5, 5.41) is 12.4. The van der Waals surface area contributed by atoms with Gasteiger partial charge in [-0.1, -0.05) is 48.5 Å². The summed E-state index contributed by atoms with van der Waals surface area (Å²) in [6, 6.07) is 14.3. The highest BCUT2D eigenvalue weighted by Crippen LogP contribution is 2.46. The van der Waals surface area contributed by atoms with Crippen molar-refractivity contribution in [3.63, 3.8) is 0 Å². The van der Waals surface area contributed by atoms with Crippen LogP contribution in [0.15, 0.2) is 48.5 Å². The average Bonchev–Trinajstić information content (AvgIpc) is 2.98. The third-order valence-corrected chi connectivity index (χ3v) is 4.46. The number of aliphatic carboxylic acids is 1. The number of carbonyl (C=O) groups excluding carboxylic acids is 1. The van der Waals surface area contributed by atoms with E-state index in [1.807, 2.05) is 48.5 Å². The minimum Gasteiger partial charge on any atom is -0.480 e. The Morgan fingerprint density at radius 2 is 1.62 bits per heavy atom. The lowest BCUT2D eigenvalue weighted by Gasteiger charge is -2.23. The van der Waals surface area contributed by atoms with Crippen molar-refractivity contribution < 1.29 is 24.2 Å². The van der Waals surface area contributed by atoms with E-state index >= 15 is 0 Å². The van der Waals surface area contributed by atoms with Crippen LogP contribution >= 0.6 is 0 Å². The molecule has 6 heteroatoms. The van der Waals surface area contributed by atoms with E-state index in [9.17, 15) is 14.7 Å². The quantitative estimate of drug-likeness (QED) is 0.708. The number of rotatable bonds is 8. The number of carbonyl (C=O) groups is 2. The molecule has 2 aromatic carbocycles. The van der Waals surface area contributed by atoms with E-state index in [1.165, 1.54) is 0 Å². The molecule has 1 atom stereocenters. The molecule has 3 rings (SSSR count). The molecule has 0 bridgehead atoms. The number of ether oxygens (including phenoxy) is 2. The van der Waals surface area contributed by atoms with Crippen molar-refractivity contribution in [2.45, 2.75) is 12.0 Å². The first kappa shape index (κ1) is 18.1. The van der Waals surface area contributed by atoms with Crippen molar-refractivity contribution in [1.82, 2.24) is 5.32 Å². The van der Waals surface area contributed by atoms with Crippen molar-refractivity contribution in [3.05, 3.63) is 59.7 Å². The van der Waals surface area contributed by atoms with Gasteiger partial charge in [0.2, 0.25) is 5.91 Å². The van der Waals surface area contributed by atoms with Gasteiger partial charge in [0.15, 0.2) is 0 Å². The Morgan fingerprint density at radius 3 is 2.15 bits per heavy atom. The van der Waals surface area contributed by atoms with Crippen molar-refractivity contribution in [3.8, 4) is 11.1 Å². The first-order chi connectivity index (χ1) is 12.6. The number of benzene rings is 2. The maximum atomic E-state index is 12.2. The van der Waals surface area contributed by atoms with Crippen LogP contribution in [0.2, 0.25) is 0 Å². The third kappa shape index (κ3) is 3.61. The normalized spacial score (nSPS) is 13.7. The average molecular weight is 355 g/mol. The number of methoxy groups -OCH3 is 1. The standard InChI is InChI=1S/C20H21NO5/c1-25-10-11-26-12-17(22)21-19(20(23)24)18-15-8-4-2-6-13(15)14-7-3-5-9-16(14)18/h2-9,18-19H,10-12H2,1H3,(H,21,22)(H,23,24)/t19-/m0/s1. The van der Waals surface area contributed by atoms with E-state index in [2.05, 4.69) is 5.32 Å². The molecule has 0 unspecified atom stereocenters. The number of fused-ring (bicyclic) bond motifs is 3. The summed E-state index contributed by atoms with van der Waals surface area (Å²) in [6.45, 7) is 0.443. The van der Waals surface area contributed by atoms with Crippen molar-refractivity contribution in [2.24, 2.45) is 0 Å². The highest BCUT2D eigenvalue weighted by atomic mass is 16.5. The molecule has 0 radical (unpaired) electrons. The van der Waals surface area contributed by atoms with Crippen LogP contribution in [0.1, 0.15) is 17.0 Å². The van der Waals surface area contributed by atoms with E-state index < -0.39 is 23.8 Å². The lowest BCUT2D eigenvalue weighted by molar-refractivity contribution is -0.143. The molecule has 0 aliphatic heterocycles. The summed E-state index contributed by atoms with van der Waals surface area (Å²) in [6.07, 6.45) is 0. The summed E-state index contributed by atoms with van der Waals surface area (Å²) < 4.78 is 10.0.